The smallest absolute Gasteiger partial charge is 0.368 e. The van der Waals surface area contributed by atoms with E-state index >= 15 is 0 Å². The highest BCUT2D eigenvalue weighted by molar-refractivity contribution is 7.89. The third kappa shape index (κ3) is 6.77. The fraction of sp³-hybridized carbons (Fsp3) is 0.450. The topological polar surface area (TPSA) is 128 Å². The summed E-state index contributed by atoms with van der Waals surface area (Å²) < 4.78 is 67.1. The van der Waals surface area contributed by atoms with Crippen LogP contribution < -0.4 is 21.3 Å². The molecule has 0 aliphatic carbocycles. The number of nitrogens with one attached hydrogen (secondary N) is 4. The maximum Gasteiger partial charge on any atom is 0.421 e. The molecular weight excluding hydrogens is 475 g/mol. The average Bonchev–Trinajstić information content (AvgIpc) is 3.07. The molecule has 2 heterocycles. The quantitative estimate of drug-likeness (QED) is 0.403. The standard InChI is InChI=1S/C20H26F3N7O3S/c1-14(31)25-8-9-26-18-17(20(21,22)23)13-27-19(29-18)28-15-3-5-16(6-4-15)34(32,33)30-11-2-7-24-10-12-30/h3-6,13,24H,2,7-12H2,1H3,(H,25,31)(H2,26,27,28,29). The van der Waals surface area contributed by atoms with Crippen molar-refractivity contribution in [2.75, 3.05) is 49.9 Å². The fourth-order valence-electron chi connectivity index (χ4n) is 3.25. The minimum atomic E-state index is -4.67. The Morgan fingerprint density at radius 2 is 1.88 bits per heavy atom. The van der Waals surface area contributed by atoms with Crippen LogP contribution in [0.5, 0.6) is 0 Å². The summed E-state index contributed by atoms with van der Waals surface area (Å²) in [6, 6.07) is 5.83. The zero-order valence-electron chi connectivity index (χ0n) is 18.4. The molecule has 1 amide bonds. The molecule has 1 fully saturated rings. The van der Waals surface area contributed by atoms with E-state index in [1.54, 1.807) is 0 Å². The van der Waals surface area contributed by atoms with Gasteiger partial charge in [-0.2, -0.15) is 22.5 Å². The Bertz CT molecular complexity index is 1090. The second kappa shape index (κ2) is 11.0. The van der Waals surface area contributed by atoms with Gasteiger partial charge in [0.15, 0.2) is 0 Å². The molecule has 0 radical (unpaired) electrons. The predicted octanol–water partition coefficient (Wildman–Crippen LogP) is 1.77. The van der Waals surface area contributed by atoms with E-state index in [0.29, 0.717) is 37.9 Å². The summed E-state index contributed by atoms with van der Waals surface area (Å²) in [6.45, 7) is 3.57. The van der Waals surface area contributed by atoms with Crippen molar-refractivity contribution in [2.45, 2.75) is 24.4 Å². The van der Waals surface area contributed by atoms with Gasteiger partial charge in [0.25, 0.3) is 0 Å². The summed E-state index contributed by atoms with van der Waals surface area (Å²) in [6.07, 6.45) is -3.30. The van der Waals surface area contributed by atoms with Crippen LogP contribution in [-0.2, 0) is 21.0 Å². The number of hydrogen-bond donors (Lipinski definition) is 4. The van der Waals surface area contributed by atoms with E-state index in [1.807, 2.05) is 0 Å². The molecule has 34 heavy (non-hydrogen) atoms. The first-order valence-electron chi connectivity index (χ1n) is 10.6. The molecule has 0 unspecified atom stereocenters. The Kier molecular flexibility index (Phi) is 8.28. The molecule has 3 rings (SSSR count). The first-order chi connectivity index (χ1) is 16.1. The molecule has 0 spiro atoms. The first-order valence-corrected chi connectivity index (χ1v) is 12.0. The summed E-state index contributed by atoms with van der Waals surface area (Å²) >= 11 is 0. The molecule has 2 aromatic rings. The summed E-state index contributed by atoms with van der Waals surface area (Å²) in [5.41, 5.74) is -0.644. The van der Waals surface area contributed by atoms with Crippen LogP contribution in [0, 0.1) is 0 Å². The normalized spacial score (nSPS) is 15.4. The van der Waals surface area contributed by atoms with E-state index in [9.17, 15) is 26.4 Å². The lowest BCUT2D eigenvalue weighted by Gasteiger charge is -2.19. The molecule has 0 atom stereocenters. The van der Waals surface area contributed by atoms with Gasteiger partial charge in [-0.3, -0.25) is 4.79 Å². The molecule has 1 aromatic heterocycles. The maximum absolute atomic E-state index is 13.3. The number of anilines is 3. The molecule has 0 saturated carbocycles. The van der Waals surface area contributed by atoms with E-state index in [4.69, 9.17) is 0 Å². The Balaban J connectivity index is 1.74. The summed E-state index contributed by atoms with van der Waals surface area (Å²) in [4.78, 5) is 18.7. The van der Waals surface area contributed by atoms with Gasteiger partial charge in [-0.1, -0.05) is 0 Å². The average molecular weight is 502 g/mol. The summed E-state index contributed by atoms with van der Waals surface area (Å²) in [7, 11) is -3.65. The highest BCUT2D eigenvalue weighted by Gasteiger charge is 2.35. The fourth-order valence-corrected chi connectivity index (χ4v) is 4.73. The van der Waals surface area contributed by atoms with E-state index in [-0.39, 0.29) is 29.8 Å². The SMILES string of the molecule is CC(=O)NCCNc1nc(Nc2ccc(S(=O)(=O)N3CCCNCC3)cc2)ncc1C(F)(F)F. The second-order valence-corrected chi connectivity index (χ2v) is 9.46. The van der Waals surface area contributed by atoms with Gasteiger partial charge < -0.3 is 21.3 Å². The van der Waals surface area contributed by atoms with E-state index < -0.39 is 27.6 Å². The third-order valence-electron chi connectivity index (χ3n) is 4.93. The number of halogens is 3. The number of rotatable bonds is 8. The Morgan fingerprint density at radius 3 is 2.56 bits per heavy atom. The maximum atomic E-state index is 13.3. The molecular formula is C20H26F3N7O3S. The van der Waals surface area contributed by atoms with Crippen molar-refractivity contribution < 1.29 is 26.4 Å². The monoisotopic (exact) mass is 501 g/mol. The van der Waals surface area contributed by atoms with E-state index in [0.717, 1.165) is 6.54 Å². The third-order valence-corrected chi connectivity index (χ3v) is 6.85. The van der Waals surface area contributed by atoms with Crippen molar-refractivity contribution in [1.82, 2.24) is 24.9 Å². The molecule has 1 aliphatic rings. The van der Waals surface area contributed by atoms with Crippen LogP contribution in [0.3, 0.4) is 0 Å². The van der Waals surface area contributed by atoms with Crippen LogP contribution in [0.2, 0.25) is 0 Å². The van der Waals surface area contributed by atoms with Crippen LogP contribution in [0.4, 0.5) is 30.6 Å². The molecule has 1 aromatic carbocycles. The van der Waals surface area contributed by atoms with Crippen molar-refractivity contribution in [1.29, 1.82) is 0 Å². The highest BCUT2D eigenvalue weighted by atomic mass is 32.2. The van der Waals surface area contributed by atoms with E-state index in [1.165, 1.54) is 35.5 Å². The van der Waals surface area contributed by atoms with Crippen molar-refractivity contribution >= 4 is 33.4 Å². The lowest BCUT2D eigenvalue weighted by Crippen LogP contribution is -2.34. The van der Waals surface area contributed by atoms with Gasteiger partial charge >= 0.3 is 6.18 Å². The second-order valence-electron chi connectivity index (χ2n) is 7.52. The zero-order valence-corrected chi connectivity index (χ0v) is 19.3. The summed E-state index contributed by atoms with van der Waals surface area (Å²) in [5, 5.41) is 11.0. The van der Waals surface area contributed by atoms with Gasteiger partial charge in [0.2, 0.25) is 21.9 Å². The number of hydrogen-bond acceptors (Lipinski definition) is 8. The van der Waals surface area contributed by atoms with Gasteiger partial charge in [-0.05, 0) is 37.2 Å². The number of amides is 1. The zero-order chi connectivity index (χ0) is 24.8. The highest BCUT2D eigenvalue weighted by Crippen LogP contribution is 2.34. The minimum absolute atomic E-state index is 0.0255. The van der Waals surface area contributed by atoms with Crippen LogP contribution in [0.15, 0.2) is 35.4 Å². The molecule has 1 saturated heterocycles. The Morgan fingerprint density at radius 1 is 1.15 bits per heavy atom. The number of aromatic nitrogens is 2. The number of carbonyl (C=O) groups is 1. The number of nitrogens with zero attached hydrogens (tertiary/aromatic N) is 3. The van der Waals surface area contributed by atoms with Crippen molar-refractivity contribution in [2.24, 2.45) is 0 Å². The van der Waals surface area contributed by atoms with E-state index in [2.05, 4.69) is 31.2 Å². The predicted molar refractivity (Wildman–Crippen MR) is 120 cm³/mol. The van der Waals surface area contributed by atoms with Gasteiger partial charge in [0, 0.05) is 51.5 Å². The van der Waals surface area contributed by atoms with Crippen LogP contribution in [0.25, 0.3) is 0 Å². The van der Waals surface area contributed by atoms with Gasteiger partial charge in [-0.25, -0.2) is 13.4 Å². The lowest BCUT2D eigenvalue weighted by molar-refractivity contribution is -0.137. The molecule has 10 nitrogen and oxygen atoms in total. The summed E-state index contributed by atoms with van der Waals surface area (Å²) in [5.74, 6) is -0.852. The molecule has 1 aliphatic heterocycles. The number of alkyl halides is 3. The molecule has 14 heteroatoms. The number of sulfonamides is 1. The lowest BCUT2D eigenvalue weighted by atomic mass is 10.3. The molecule has 186 valence electrons. The van der Waals surface area contributed by atoms with Crippen molar-refractivity contribution in [3.63, 3.8) is 0 Å². The van der Waals surface area contributed by atoms with Gasteiger partial charge in [0.05, 0.1) is 4.90 Å². The number of benzene rings is 1. The van der Waals surface area contributed by atoms with Crippen LogP contribution in [0.1, 0.15) is 18.9 Å². The molecule has 0 bridgehead atoms. The minimum Gasteiger partial charge on any atom is -0.368 e. The van der Waals surface area contributed by atoms with Gasteiger partial charge in [0.1, 0.15) is 11.4 Å². The van der Waals surface area contributed by atoms with Crippen LogP contribution >= 0.6 is 0 Å². The number of carbonyl (C=O) groups excluding carboxylic acids is 1. The first kappa shape index (κ1) is 25.6. The Labute approximate surface area is 195 Å². The van der Waals surface area contributed by atoms with Crippen LogP contribution in [-0.4, -0.2) is 67.9 Å². The van der Waals surface area contributed by atoms with Crippen molar-refractivity contribution in [3.05, 3.63) is 36.0 Å². The Hall–Kier alpha value is -2.97. The van der Waals surface area contributed by atoms with Gasteiger partial charge in [-0.15, -0.1) is 0 Å². The van der Waals surface area contributed by atoms with Crippen molar-refractivity contribution in [3.8, 4) is 0 Å². The largest absolute Gasteiger partial charge is 0.421 e. The molecule has 4 N–H and O–H groups in total.